The van der Waals surface area contributed by atoms with Gasteiger partial charge in [0.15, 0.2) is 34.4 Å². The Kier molecular flexibility index (Phi) is 6.37. The predicted molar refractivity (Wildman–Crippen MR) is 150 cm³/mol. The van der Waals surface area contributed by atoms with Crippen molar-refractivity contribution in [1.29, 1.82) is 0 Å². The second-order valence-corrected chi connectivity index (χ2v) is 13.7. The normalized spacial score (nSPS) is 27.9. The maximum atomic E-state index is 14.3. The average molecular weight is 613 g/mol. The minimum atomic E-state index is -4.21. The Morgan fingerprint density at radius 3 is 2.44 bits per heavy atom. The number of rotatable bonds is 6. The molecular formula is C29H30F2N6O5S. The van der Waals surface area contributed by atoms with E-state index in [0.717, 1.165) is 17.7 Å². The molecule has 3 aliphatic rings. The van der Waals surface area contributed by atoms with Crippen LogP contribution < -0.4 is 4.31 Å². The van der Waals surface area contributed by atoms with Gasteiger partial charge >= 0.3 is 0 Å². The van der Waals surface area contributed by atoms with Crippen LogP contribution in [0.25, 0.3) is 11.2 Å². The lowest BCUT2D eigenvalue weighted by Crippen LogP contribution is -2.35. The number of sulfonamides is 1. The third-order valence-electron chi connectivity index (χ3n) is 8.35. The van der Waals surface area contributed by atoms with Gasteiger partial charge in [0.1, 0.15) is 18.0 Å². The van der Waals surface area contributed by atoms with Crippen molar-refractivity contribution in [3.8, 4) is 0 Å². The molecule has 0 unspecified atom stereocenters. The van der Waals surface area contributed by atoms with Gasteiger partial charge in [-0.3, -0.25) is 0 Å². The van der Waals surface area contributed by atoms with Crippen LogP contribution in [0.15, 0.2) is 47.4 Å². The molecule has 0 amide bonds. The maximum Gasteiger partial charge on any atom is 0.265 e. The highest BCUT2D eigenvalue weighted by Crippen LogP contribution is 2.50. The van der Waals surface area contributed by atoms with Crippen molar-refractivity contribution in [2.24, 2.45) is 0 Å². The first kappa shape index (κ1) is 28.2. The number of hydrogen-bond donors (Lipinski definition) is 1. The molecule has 43 heavy (non-hydrogen) atoms. The molecule has 4 aromatic rings. The summed E-state index contributed by atoms with van der Waals surface area (Å²) >= 11 is 0. The Hall–Kier alpha value is -3.59. The van der Waals surface area contributed by atoms with E-state index in [1.54, 1.807) is 37.6 Å². The van der Waals surface area contributed by atoms with Gasteiger partial charge in [-0.2, -0.15) is 0 Å². The van der Waals surface area contributed by atoms with Crippen LogP contribution in [0.2, 0.25) is 0 Å². The Morgan fingerprint density at radius 1 is 1.00 bits per heavy atom. The van der Waals surface area contributed by atoms with E-state index in [4.69, 9.17) is 9.47 Å². The number of ether oxygens (including phenoxy) is 2. The van der Waals surface area contributed by atoms with Gasteiger partial charge in [-0.25, -0.2) is 36.2 Å². The van der Waals surface area contributed by atoms with Gasteiger partial charge in [-0.05, 0) is 63.9 Å². The molecule has 2 aromatic heterocycles. The van der Waals surface area contributed by atoms with Crippen LogP contribution >= 0.6 is 0 Å². The number of hydrogen-bond acceptors (Lipinski definition) is 9. The van der Waals surface area contributed by atoms with Crippen LogP contribution in [-0.4, -0.2) is 68.6 Å². The average Bonchev–Trinajstić information content (AvgIpc) is 3.34. The third-order valence-corrected chi connectivity index (χ3v) is 10.2. The van der Waals surface area contributed by atoms with E-state index in [1.165, 1.54) is 22.5 Å². The Labute approximate surface area is 246 Å². The molecular weight excluding hydrogens is 582 g/mol. The summed E-state index contributed by atoms with van der Waals surface area (Å²) in [5.74, 6) is -2.98. The second kappa shape index (κ2) is 9.71. The number of aliphatic hydroxyl groups is 1. The predicted octanol–water partition coefficient (Wildman–Crippen LogP) is 3.69. The molecule has 226 valence electrons. The molecule has 2 saturated carbocycles. The zero-order valence-corrected chi connectivity index (χ0v) is 24.7. The first-order valence-electron chi connectivity index (χ1n) is 14.0. The molecule has 0 spiro atoms. The van der Waals surface area contributed by atoms with Crippen molar-refractivity contribution in [1.82, 2.24) is 25.0 Å². The van der Waals surface area contributed by atoms with E-state index in [1.807, 2.05) is 6.92 Å². The van der Waals surface area contributed by atoms with Crippen molar-refractivity contribution < 1.29 is 31.8 Å². The second-order valence-electron chi connectivity index (χ2n) is 11.9. The van der Waals surface area contributed by atoms with Crippen molar-refractivity contribution >= 4 is 27.0 Å². The van der Waals surface area contributed by atoms with Crippen LogP contribution in [0, 0.1) is 25.5 Å². The number of benzene rings is 2. The third kappa shape index (κ3) is 4.67. The zero-order chi connectivity index (χ0) is 30.4. The molecule has 3 fully saturated rings. The zero-order valence-electron chi connectivity index (χ0n) is 23.8. The summed E-state index contributed by atoms with van der Waals surface area (Å²) in [6.45, 7) is 7.04. The number of aromatic nitrogens is 5. The van der Waals surface area contributed by atoms with Gasteiger partial charge in [0.05, 0.1) is 23.1 Å². The quantitative estimate of drug-likeness (QED) is 0.346. The highest BCUT2D eigenvalue weighted by Gasteiger charge is 2.55. The molecule has 1 N–H and O–H groups in total. The first-order chi connectivity index (χ1) is 20.3. The summed E-state index contributed by atoms with van der Waals surface area (Å²) < 4.78 is 71.3. The van der Waals surface area contributed by atoms with Crippen LogP contribution in [0.4, 0.5) is 14.6 Å². The summed E-state index contributed by atoms with van der Waals surface area (Å²) in [6, 6.07) is 8.92. The smallest absolute Gasteiger partial charge is 0.265 e. The number of fused-ring (bicyclic) bond motifs is 2. The highest BCUT2D eigenvalue weighted by atomic mass is 32.2. The summed E-state index contributed by atoms with van der Waals surface area (Å²) in [5.41, 5.74) is 1.79. The van der Waals surface area contributed by atoms with Crippen molar-refractivity contribution in [3.63, 3.8) is 0 Å². The lowest BCUT2D eigenvalue weighted by atomic mass is 10.1. The Balaban J connectivity index is 1.35. The van der Waals surface area contributed by atoms with Crippen molar-refractivity contribution in [2.45, 2.75) is 87.5 Å². The Morgan fingerprint density at radius 2 is 1.72 bits per heavy atom. The topological polar surface area (TPSA) is 133 Å². The molecule has 2 aliphatic carbocycles. The van der Waals surface area contributed by atoms with E-state index in [-0.39, 0.29) is 34.1 Å². The van der Waals surface area contributed by atoms with Gasteiger partial charge < -0.3 is 14.6 Å². The Bertz CT molecular complexity index is 1850. The van der Waals surface area contributed by atoms with E-state index in [2.05, 4.69) is 20.3 Å². The van der Waals surface area contributed by atoms with Gasteiger partial charge in [0.2, 0.25) is 0 Å². The maximum absolute atomic E-state index is 14.3. The first-order valence-corrected chi connectivity index (χ1v) is 15.5. The lowest BCUT2D eigenvalue weighted by molar-refractivity contribution is -0.165. The molecule has 7 rings (SSSR count). The summed E-state index contributed by atoms with van der Waals surface area (Å²) in [7, 11) is -4.21. The van der Waals surface area contributed by atoms with Crippen LogP contribution in [0.1, 0.15) is 55.6 Å². The number of nitrogens with zero attached hydrogens (tertiary/aromatic N) is 6. The fraction of sp³-hybridized carbons (Fsp3) is 0.448. The van der Waals surface area contributed by atoms with Crippen LogP contribution in [0.3, 0.4) is 0 Å². The fourth-order valence-electron chi connectivity index (χ4n) is 6.28. The minimum absolute atomic E-state index is 0.0309. The van der Waals surface area contributed by atoms with Gasteiger partial charge in [0.25, 0.3) is 10.0 Å². The van der Waals surface area contributed by atoms with E-state index in [9.17, 15) is 22.3 Å². The summed E-state index contributed by atoms with van der Waals surface area (Å²) in [6.07, 6.45) is -1.27. The van der Waals surface area contributed by atoms with Crippen molar-refractivity contribution in [3.05, 3.63) is 71.1 Å². The van der Waals surface area contributed by atoms with Gasteiger partial charge in [0, 0.05) is 12.3 Å². The molecule has 1 saturated heterocycles. The largest absolute Gasteiger partial charge is 0.390 e. The monoisotopic (exact) mass is 612 g/mol. The van der Waals surface area contributed by atoms with E-state index in [0.29, 0.717) is 12.0 Å². The molecule has 0 bridgehead atoms. The number of aryl methyl sites for hydroxylation is 2. The van der Waals surface area contributed by atoms with Gasteiger partial charge in [-0.15, -0.1) is 5.10 Å². The SMILES string of the molecule is Cc1ccc(S(=O)(=O)N(c2nc(C)nc3c2nnn3[C@@H]2C[C@H](O)[C@H]3OC(C)(C)O[C@H]32)[C@@H]2C[C@H]2c2ccc(F)c(F)c2)cc1. The molecule has 2 aromatic carbocycles. The summed E-state index contributed by atoms with van der Waals surface area (Å²) in [5, 5.41) is 19.4. The molecule has 6 atom stereocenters. The molecule has 11 nitrogen and oxygen atoms in total. The summed E-state index contributed by atoms with van der Waals surface area (Å²) in [4.78, 5) is 9.18. The van der Waals surface area contributed by atoms with Crippen LogP contribution in [-0.2, 0) is 19.5 Å². The number of aliphatic hydroxyl groups excluding tert-OH is 1. The standard InChI is InChI=1S/C29H30F2N6O5S/c1-14-5-8-17(9-6-14)43(39,40)37(21-12-18(21)16-7-10-19(30)20(31)11-16)28-24-27(32-15(2)33-28)36(35-34-24)22-13-23(38)26-25(22)41-29(3,4)42-26/h5-11,18,21-23,25-26,38H,12-13H2,1-4H3/t18-,21+,22+,23-,25-,26+/m0/s1. The molecule has 14 heteroatoms. The number of halogens is 2. The minimum Gasteiger partial charge on any atom is -0.390 e. The highest BCUT2D eigenvalue weighted by molar-refractivity contribution is 7.92. The molecule has 1 aliphatic heterocycles. The molecule has 3 heterocycles. The van der Waals surface area contributed by atoms with E-state index < -0.39 is 63.8 Å². The number of anilines is 1. The molecule has 0 radical (unpaired) electrons. The lowest BCUT2D eigenvalue weighted by Gasteiger charge is -2.25. The van der Waals surface area contributed by atoms with Crippen LogP contribution in [0.5, 0.6) is 0 Å². The van der Waals surface area contributed by atoms with E-state index >= 15 is 0 Å². The van der Waals surface area contributed by atoms with Crippen molar-refractivity contribution in [2.75, 3.05) is 4.31 Å². The fourth-order valence-corrected chi connectivity index (χ4v) is 7.93. The van der Waals surface area contributed by atoms with Gasteiger partial charge in [-0.1, -0.05) is 29.0 Å².